The van der Waals surface area contributed by atoms with Gasteiger partial charge < -0.3 is 10.6 Å². The van der Waals surface area contributed by atoms with Crippen molar-refractivity contribution in [3.05, 3.63) is 57.4 Å². The number of hydrogen-bond donors (Lipinski definition) is 2. The zero-order chi connectivity index (χ0) is 23.4. The quantitative estimate of drug-likeness (QED) is 0.505. The molecule has 0 atom stereocenters. The summed E-state index contributed by atoms with van der Waals surface area (Å²) < 4.78 is 1.32. The summed E-state index contributed by atoms with van der Waals surface area (Å²) in [6.45, 7) is 8.46. The van der Waals surface area contributed by atoms with Crippen molar-refractivity contribution in [3.63, 3.8) is 0 Å². The monoisotopic (exact) mass is 455 g/mol. The van der Waals surface area contributed by atoms with Gasteiger partial charge in [-0.3, -0.25) is 24.1 Å². The zero-order valence-corrected chi connectivity index (χ0v) is 19.6. The fraction of sp³-hybridized carbons (Fsp3) is 0.391. The predicted octanol–water partition coefficient (Wildman–Crippen LogP) is 3.10. The van der Waals surface area contributed by atoms with Crippen molar-refractivity contribution in [3.8, 4) is 0 Å². The molecule has 0 spiro atoms. The number of pyridine rings is 1. The second kappa shape index (κ2) is 10.0. The third-order valence-electron chi connectivity index (χ3n) is 4.84. The average molecular weight is 456 g/mol. The number of carbonyl (C=O) groups is 1. The fourth-order valence-electron chi connectivity index (χ4n) is 3.48. The highest BCUT2D eigenvalue weighted by Gasteiger charge is 2.25. The van der Waals surface area contributed by atoms with Crippen LogP contribution in [-0.2, 0) is 11.3 Å². The molecule has 32 heavy (non-hydrogen) atoms. The lowest BCUT2D eigenvalue weighted by Crippen LogP contribution is -2.43. The van der Waals surface area contributed by atoms with E-state index in [1.54, 1.807) is 6.20 Å². The van der Waals surface area contributed by atoms with Gasteiger partial charge in [0.25, 0.3) is 5.56 Å². The normalized spacial score (nSPS) is 11.4. The standard InChI is InChI=1S/C23H29N5O3S/c1-14(2)11-27(20-21(24)28(12-15(3)4)23(31)26-22(20)30)19(29)13-32-18-9-10-25-17-8-6-5-7-16(17)18/h5-10,14-15H,11-13,24H2,1-4H3,(H,26,30,31). The molecule has 0 bridgehead atoms. The van der Waals surface area contributed by atoms with E-state index in [0.717, 1.165) is 15.8 Å². The Bertz CT molecular complexity index is 1230. The summed E-state index contributed by atoms with van der Waals surface area (Å²) in [5.74, 6) is 0.106. The van der Waals surface area contributed by atoms with Crippen LogP contribution in [0, 0.1) is 11.8 Å². The molecule has 0 fully saturated rings. The Morgan fingerprint density at radius 2 is 1.88 bits per heavy atom. The molecule has 0 aliphatic rings. The third-order valence-corrected chi connectivity index (χ3v) is 5.90. The third kappa shape index (κ3) is 5.21. The van der Waals surface area contributed by atoms with Crippen molar-refractivity contribution < 1.29 is 4.79 Å². The van der Waals surface area contributed by atoms with E-state index in [9.17, 15) is 14.4 Å². The Labute approximate surface area is 190 Å². The van der Waals surface area contributed by atoms with E-state index in [1.165, 1.54) is 21.2 Å². The first-order chi connectivity index (χ1) is 15.2. The topological polar surface area (TPSA) is 114 Å². The summed E-state index contributed by atoms with van der Waals surface area (Å²) in [6, 6.07) is 9.60. The maximum absolute atomic E-state index is 13.3. The molecule has 3 aromatic rings. The molecule has 1 amide bonds. The number of aromatic nitrogens is 3. The molecule has 170 valence electrons. The second-order valence-electron chi connectivity index (χ2n) is 8.51. The maximum atomic E-state index is 13.3. The molecule has 8 nitrogen and oxygen atoms in total. The number of nitrogens with zero attached hydrogens (tertiary/aromatic N) is 3. The van der Waals surface area contributed by atoms with Crippen LogP contribution in [0.25, 0.3) is 10.9 Å². The highest BCUT2D eigenvalue weighted by Crippen LogP contribution is 2.28. The minimum absolute atomic E-state index is 0.0146. The van der Waals surface area contributed by atoms with Crippen LogP contribution in [0.5, 0.6) is 0 Å². The molecule has 0 aliphatic carbocycles. The number of nitrogens with one attached hydrogen (secondary N) is 1. The first kappa shape index (κ1) is 23.6. The summed E-state index contributed by atoms with van der Waals surface area (Å²) in [5, 5.41) is 0.964. The highest BCUT2D eigenvalue weighted by atomic mass is 32.2. The Balaban J connectivity index is 1.95. The van der Waals surface area contributed by atoms with Crippen molar-refractivity contribution >= 4 is 40.1 Å². The lowest BCUT2D eigenvalue weighted by Gasteiger charge is -2.26. The van der Waals surface area contributed by atoms with Crippen LogP contribution in [0.15, 0.2) is 51.0 Å². The zero-order valence-electron chi connectivity index (χ0n) is 18.8. The molecule has 0 saturated carbocycles. The Hall–Kier alpha value is -3.07. The van der Waals surface area contributed by atoms with Crippen molar-refractivity contribution in [2.45, 2.75) is 39.1 Å². The maximum Gasteiger partial charge on any atom is 0.330 e. The molecule has 0 saturated heterocycles. The number of aromatic amines is 1. The molecular formula is C23H29N5O3S. The predicted molar refractivity (Wildman–Crippen MR) is 130 cm³/mol. The van der Waals surface area contributed by atoms with Gasteiger partial charge in [-0.05, 0) is 24.0 Å². The van der Waals surface area contributed by atoms with E-state index in [1.807, 2.05) is 58.0 Å². The Kier molecular flexibility index (Phi) is 7.40. The first-order valence-corrected chi connectivity index (χ1v) is 11.6. The van der Waals surface area contributed by atoms with Gasteiger partial charge in [0.1, 0.15) is 5.82 Å². The summed E-state index contributed by atoms with van der Waals surface area (Å²) in [4.78, 5) is 47.3. The Morgan fingerprint density at radius 3 is 2.56 bits per heavy atom. The largest absolute Gasteiger partial charge is 0.383 e. The average Bonchev–Trinajstić information content (AvgIpc) is 2.73. The van der Waals surface area contributed by atoms with Gasteiger partial charge in [-0.2, -0.15) is 0 Å². The number of rotatable bonds is 8. The molecular weight excluding hydrogens is 426 g/mol. The molecule has 0 aliphatic heterocycles. The minimum atomic E-state index is -0.652. The summed E-state index contributed by atoms with van der Waals surface area (Å²) in [7, 11) is 0. The van der Waals surface area contributed by atoms with Gasteiger partial charge in [-0.25, -0.2) is 4.79 Å². The second-order valence-corrected chi connectivity index (χ2v) is 9.53. The van der Waals surface area contributed by atoms with E-state index in [2.05, 4.69) is 9.97 Å². The van der Waals surface area contributed by atoms with Crippen LogP contribution >= 0.6 is 11.8 Å². The number of H-pyrrole nitrogens is 1. The number of hydrogen-bond acceptors (Lipinski definition) is 6. The lowest BCUT2D eigenvalue weighted by molar-refractivity contribution is -0.116. The lowest BCUT2D eigenvalue weighted by atomic mass is 10.2. The van der Waals surface area contributed by atoms with Crippen LogP contribution in [0.4, 0.5) is 11.5 Å². The molecule has 0 unspecified atom stereocenters. The number of fused-ring (bicyclic) bond motifs is 1. The van der Waals surface area contributed by atoms with Crippen LogP contribution in [0.1, 0.15) is 27.7 Å². The van der Waals surface area contributed by atoms with Crippen LogP contribution in [0.2, 0.25) is 0 Å². The summed E-state index contributed by atoms with van der Waals surface area (Å²) in [6.07, 6.45) is 1.71. The highest BCUT2D eigenvalue weighted by molar-refractivity contribution is 8.00. The fourth-order valence-corrected chi connectivity index (χ4v) is 4.40. The van der Waals surface area contributed by atoms with Gasteiger partial charge in [0, 0.05) is 29.6 Å². The van der Waals surface area contributed by atoms with E-state index in [-0.39, 0.29) is 35.0 Å². The molecule has 0 radical (unpaired) electrons. The van der Waals surface area contributed by atoms with Crippen LogP contribution in [0.3, 0.4) is 0 Å². The number of para-hydroxylation sites is 1. The minimum Gasteiger partial charge on any atom is -0.383 e. The smallest absolute Gasteiger partial charge is 0.330 e. The van der Waals surface area contributed by atoms with Crippen LogP contribution in [-0.4, -0.2) is 32.7 Å². The van der Waals surface area contributed by atoms with Crippen LogP contribution < -0.4 is 21.9 Å². The molecule has 3 N–H and O–H groups in total. The molecule has 3 rings (SSSR count). The number of nitrogen functional groups attached to an aromatic ring is 1. The van der Waals surface area contributed by atoms with E-state index < -0.39 is 11.2 Å². The molecule has 1 aromatic carbocycles. The number of thioether (sulfide) groups is 1. The summed E-state index contributed by atoms with van der Waals surface area (Å²) >= 11 is 1.39. The van der Waals surface area contributed by atoms with Crippen molar-refractivity contribution in [2.75, 3.05) is 22.9 Å². The number of nitrogens with two attached hydrogens (primary N) is 1. The van der Waals surface area contributed by atoms with Crippen molar-refractivity contribution in [1.82, 2.24) is 14.5 Å². The van der Waals surface area contributed by atoms with E-state index in [0.29, 0.717) is 13.1 Å². The van der Waals surface area contributed by atoms with Gasteiger partial charge in [0.15, 0.2) is 5.69 Å². The van der Waals surface area contributed by atoms with Crippen molar-refractivity contribution in [1.29, 1.82) is 0 Å². The van der Waals surface area contributed by atoms with Gasteiger partial charge >= 0.3 is 5.69 Å². The number of amides is 1. The SMILES string of the molecule is CC(C)CN(C(=O)CSc1ccnc2ccccc12)c1c(N)n(CC(C)C)c(=O)[nH]c1=O. The van der Waals surface area contributed by atoms with Gasteiger partial charge in [0.05, 0.1) is 11.3 Å². The Morgan fingerprint density at radius 1 is 1.16 bits per heavy atom. The first-order valence-electron chi connectivity index (χ1n) is 10.6. The molecule has 2 aromatic heterocycles. The molecule has 9 heteroatoms. The van der Waals surface area contributed by atoms with E-state index in [4.69, 9.17) is 5.73 Å². The van der Waals surface area contributed by atoms with E-state index >= 15 is 0 Å². The number of carbonyl (C=O) groups excluding carboxylic acids is 1. The summed E-state index contributed by atoms with van der Waals surface area (Å²) in [5.41, 5.74) is 5.93. The van der Waals surface area contributed by atoms with Gasteiger partial charge in [0.2, 0.25) is 5.91 Å². The molecule has 2 heterocycles. The number of anilines is 2. The number of benzene rings is 1. The van der Waals surface area contributed by atoms with Crippen molar-refractivity contribution in [2.24, 2.45) is 11.8 Å². The van der Waals surface area contributed by atoms with Gasteiger partial charge in [-0.1, -0.05) is 45.9 Å². The van der Waals surface area contributed by atoms with Gasteiger partial charge in [-0.15, -0.1) is 11.8 Å².